The van der Waals surface area contributed by atoms with Gasteiger partial charge in [-0.15, -0.1) is 0 Å². The second-order valence-electron chi connectivity index (χ2n) is 7.47. The molecule has 1 aromatic heterocycles. The van der Waals surface area contributed by atoms with E-state index >= 15 is 0 Å². The van der Waals surface area contributed by atoms with Crippen molar-refractivity contribution < 1.29 is 18.7 Å². The molecule has 2 aromatic rings. The van der Waals surface area contributed by atoms with Gasteiger partial charge in [0.25, 0.3) is 5.56 Å². The van der Waals surface area contributed by atoms with Crippen LogP contribution in [0, 0.1) is 5.82 Å². The van der Waals surface area contributed by atoms with E-state index in [1.807, 2.05) is 13.0 Å². The number of nitrogen functional groups attached to an aromatic ring is 1. The number of fused-ring (bicyclic) bond motifs is 4. The van der Waals surface area contributed by atoms with Crippen molar-refractivity contribution in [2.45, 2.75) is 38.6 Å². The van der Waals surface area contributed by atoms with E-state index < -0.39 is 11.9 Å². The number of ether oxygens (including phenoxy) is 2. The summed E-state index contributed by atoms with van der Waals surface area (Å²) in [5.41, 5.74) is 10.8. The number of halogens is 1. The number of nitrogens with one attached hydrogen (secondary N) is 1. The first kappa shape index (κ1) is 20.3. The van der Waals surface area contributed by atoms with Crippen LogP contribution in [0.3, 0.4) is 0 Å². The second kappa shape index (κ2) is 7.70. The van der Waals surface area contributed by atoms with Gasteiger partial charge in [0.2, 0.25) is 0 Å². The van der Waals surface area contributed by atoms with E-state index in [9.17, 15) is 14.0 Å². The summed E-state index contributed by atoms with van der Waals surface area (Å²) in [6, 6.07) is 4.54. The first-order valence-electron chi connectivity index (χ1n) is 9.76. The van der Waals surface area contributed by atoms with Crippen LogP contribution >= 0.6 is 0 Å². The van der Waals surface area contributed by atoms with Gasteiger partial charge < -0.3 is 29.9 Å². The number of hydrogen-bond donors (Lipinski definition) is 2. The molecule has 4 rings (SSSR count). The smallest absolute Gasteiger partial charge is 0.257 e. The Morgan fingerprint density at radius 1 is 1.37 bits per heavy atom. The monoisotopic (exact) mass is 413 g/mol. The molecule has 3 N–H and O–H groups in total. The fourth-order valence-electron chi connectivity index (χ4n) is 4.51. The predicted molar refractivity (Wildman–Crippen MR) is 112 cm³/mol. The van der Waals surface area contributed by atoms with E-state index in [0.717, 1.165) is 16.7 Å². The summed E-state index contributed by atoms with van der Waals surface area (Å²) in [5, 5.41) is 3.35. The summed E-state index contributed by atoms with van der Waals surface area (Å²) in [6.45, 7) is 2.50. The zero-order valence-corrected chi connectivity index (χ0v) is 17.1. The van der Waals surface area contributed by atoms with Crippen LogP contribution in [-0.4, -0.2) is 25.1 Å². The van der Waals surface area contributed by atoms with Crippen LogP contribution in [0.5, 0.6) is 0 Å². The molecule has 0 spiro atoms. The number of carbonyl (C=O) groups is 1. The molecular weight excluding hydrogens is 389 g/mol. The van der Waals surface area contributed by atoms with Crippen molar-refractivity contribution in [3.63, 3.8) is 0 Å². The highest BCUT2D eigenvalue weighted by atomic mass is 19.1. The molecular formula is C22H24FN3O4. The quantitative estimate of drug-likeness (QED) is 0.559. The number of nitrogens with two attached hydrogens (primary N) is 1. The number of nitrogens with zero attached hydrogens (tertiary/aromatic N) is 1. The molecule has 2 aliphatic heterocycles. The summed E-state index contributed by atoms with van der Waals surface area (Å²) in [6.07, 6.45) is 0.498. The molecule has 0 aliphatic carbocycles. The molecule has 0 bridgehead atoms. The van der Waals surface area contributed by atoms with Crippen molar-refractivity contribution in [2.24, 2.45) is 0 Å². The number of anilines is 2. The van der Waals surface area contributed by atoms with E-state index in [0.29, 0.717) is 41.8 Å². The lowest BCUT2D eigenvalue weighted by Crippen LogP contribution is -2.28. The van der Waals surface area contributed by atoms with Gasteiger partial charge in [-0.25, -0.2) is 4.39 Å². The second-order valence-corrected chi connectivity index (χ2v) is 7.47. The van der Waals surface area contributed by atoms with Gasteiger partial charge in [-0.1, -0.05) is 6.92 Å². The first-order valence-corrected chi connectivity index (χ1v) is 9.76. The zero-order valence-electron chi connectivity index (χ0n) is 17.1. The summed E-state index contributed by atoms with van der Waals surface area (Å²) in [5.74, 6) is -0.493. The molecule has 0 saturated carbocycles. The normalized spacial score (nSPS) is 17.8. The summed E-state index contributed by atoms with van der Waals surface area (Å²) < 4.78 is 26.3. The highest BCUT2D eigenvalue weighted by Gasteiger charge is 2.37. The van der Waals surface area contributed by atoms with Gasteiger partial charge in [0.1, 0.15) is 11.9 Å². The number of aromatic nitrogens is 1. The highest BCUT2D eigenvalue weighted by Crippen LogP contribution is 2.46. The van der Waals surface area contributed by atoms with Crippen LogP contribution in [0.15, 0.2) is 28.6 Å². The van der Waals surface area contributed by atoms with Crippen molar-refractivity contribution in [1.29, 1.82) is 0 Å². The van der Waals surface area contributed by atoms with Gasteiger partial charge in [-0.2, -0.15) is 0 Å². The van der Waals surface area contributed by atoms with Crippen LogP contribution in [0.4, 0.5) is 15.8 Å². The minimum absolute atomic E-state index is 0.0713. The molecule has 2 atom stereocenters. The molecule has 0 fully saturated rings. The molecule has 2 unspecified atom stereocenters. The third kappa shape index (κ3) is 2.95. The van der Waals surface area contributed by atoms with E-state index in [1.54, 1.807) is 10.6 Å². The Morgan fingerprint density at radius 3 is 2.77 bits per heavy atom. The van der Waals surface area contributed by atoms with Crippen LogP contribution in [0.25, 0.3) is 5.57 Å². The van der Waals surface area contributed by atoms with E-state index in [1.165, 1.54) is 20.3 Å². The Labute approximate surface area is 173 Å². The fraction of sp³-hybridized carbons (Fsp3) is 0.364. The van der Waals surface area contributed by atoms with Gasteiger partial charge in [-0.3, -0.25) is 4.79 Å². The van der Waals surface area contributed by atoms with Crippen LogP contribution < -0.4 is 16.6 Å². The molecule has 158 valence electrons. The molecule has 8 heteroatoms. The highest BCUT2D eigenvalue weighted by molar-refractivity contribution is 5.85. The molecule has 3 heterocycles. The predicted octanol–water partition coefficient (Wildman–Crippen LogP) is 2.95. The third-order valence-electron chi connectivity index (χ3n) is 5.92. The molecule has 30 heavy (non-hydrogen) atoms. The maximum atomic E-state index is 14.1. The number of rotatable bonds is 6. The summed E-state index contributed by atoms with van der Waals surface area (Å²) >= 11 is 0. The van der Waals surface area contributed by atoms with Crippen LogP contribution in [0.2, 0.25) is 0 Å². The van der Waals surface area contributed by atoms with Gasteiger partial charge >= 0.3 is 0 Å². The molecule has 0 radical (unpaired) electrons. The van der Waals surface area contributed by atoms with Gasteiger partial charge in [0.05, 0.1) is 18.3 Å². The molecule has 2 aliphatic rings. The molecule has 0 saturated heterocycles. The van der Waals surface area contributed by atoms with Crippen molar-refractivity contribution in [3.05, 3.63) is 62.3 Å². The molecule has 0 amide bonds. The zero-order chi connectivity index (χ0) is 21.6. The SMILES string of the molecule is CCC1=C2Cn3c(cc(C(C=O)OC)c(COC)c3=O)C2Nc2cc(F)c(N)cc21. The van der Waals surface area contributed by atoms with Crippen LogP contribution in [0.1, 0.15) is 47.9 Å². The average molecular weight is 413 g/mol. The van der Waals surface area contributed by atoms with E-state index in [2.05, 4.69) is 5.32 Å². The lowest BCUT2D eigenvalue weighted by molar-refractivity contribution is -0.116. The van der Waals surface area contributed by atoms with E-state index in [-0.39, 0.29) is 23.9 Å². The third-order valence-corrected chi connectivity index (χ3v) is 5.92. The Kier molecular flexibility index (Phi) is 5.21. The Morgan fingerprint density at radius 2 is 2.13 bits per heavy atom. The number of aldehydes is 1. The van der Waals surface area contributed by atoms with Gasteiger partial charge in [-0.05, 0) is 35.8 Å². The van der Waals surface area contributed by atoms with Gasteiger partial charge in [0.15, 0.2) is 6.29 Å². The fourth-order valence-corrected chi connectivity index (χ4v) is 4.51. The first-order chi connectivity index (χ1) is 14.4. The number of hydrogen-bond acceptors (Lipinski definition) is 6. The summed E-state index contributed by atoms with van der Waals surface area (Å²) in [7, 11) is 2.92. The Balaban J connectivity index is 1.94. The molecule has 1 aromatic carbocycles. The number of carbonyl (C=O) groups excluding carboxylic acids is 1. The minimum atomic E-state index is -0.874. The lowest BCUT2D eigenvalue weighted by Gasteiger charge is -2.28. The number of pyridine rings is 1. The van der Waals surface area contributed by atoms with Crippen molar-refractivity contribution >= 4 is 23.2 Å². The number of benzene rings is 1. The van der Waals surface area contributed by atoms with Crippen molar-refractivity contribution in [1.82, 2.24) is 4.57 Å². The molecule has 7 nitrogen and oxygen atoms in total. The Bertz CT molecular complexity index is 1120. The average Bonchev–Trinajstić information content (AvgIpc) is 3.09. The summed E-state index contributed by atoms with van der Waals surface area (Å²) in [4.78, 5) is 24.9. The van der Waals surface area contributed by atoms with Crippen molar-refractivity contribution in [2.75, 3.05) is 25.3 Å². The Hall–Kier alpha value is -2.97. The maximum absolute atomic E-state index is 14.1. The van der Waals surface area contributed by atoms with Crippen molar-refractivity contribution in [3.8, 4) is 0 Å². The minimum Gasteiger partial charge on any atom is -0.396 e. The van der Waals surface area contributed by atoms with Gasteiger partial charge in [0, 0.05) is 48.8 Å². The largest absolute Gasteiger partial charge is 0.396 e. The van der Waals surface area contributed by atoms with E-state index in [4.69, 9.17) is 15.2 Å². The van der Waals surface area contributed by atoms with Crippen LogP contribution in [-0.2, 0) is 27.4 Å². The topological polar surface area (TPSA) is 95.6 Å². The number of methoxy groups -OCH3 is 2. The lowest BCUT2D eigenvalue weighted by atomic mass is 9.88. The maximum Gasteiger partial charge on any atom is 0.257 e. The number of allylic oxidation sites excluding steroid dienone is 1. The standard InChI is InChI=1S/C22H24FN3O4/c1-4-11-12-5-17(24)16(23)7-18(12)25-21-14(11)8-26-19(21)6-13(20(9-27)30-3)15(10-29-2)22(26)28/h5-7,9,20-21,25H,4,8,10,24H2,1-3H3.